The van der Waals surface area contributed by atoms with Crippen LogP contribution in [-0.2, 0) is 11.3 Å². The summed E-state index contributed by atoms with van der Waals surface area (Å²) >= 11 is 3.35. The molecule has 0 radical (unpaired) electrons. The number of unbranched alkanes of at least 4 members (excludes halogenated alkanes) is 1. The lowest BCUT2D eigenvalue weighted by Gasteiger charge is -2.12. The van der Waals surface area contributed by atoms with Crippen molar-refractivity contribution in [3.8, 4) is 0 Å². The number of pyridine rings is 1. The number of nitrogens with one attached hydrogen (secondary N) is 1. The van der Waals surface area contributed by atoms with E-state index in [-0.39, 0.29) is 17.4 Å². The fourth-order valence-electron chi connectivity index (χ4n) is 2.10. The first-order chi connectivity index (χ1) is 9.58. The molecule has 0 aliphatic carbocycles. The van der Waals surface area contributed by atoms with Crippen molar-refractivity contribution in [2.45, 2.75) is 46.1 Å². The number of aromatic nitrogens is 1. The Morgan fingerprint density at radius 2 is 2.00 bits per heavy atom. The van der Waals surface area contributed by atoms with Crippen molar-refractivity contribution in [1.82, 2.24) is 9.88 Å². The first-order valence-corrected chi connectivity index (χ1v) is 8.01. The predicted octanol–water partition coefficient (Wildman–Crippen LogP) is 2.94. The lowest BCUT2D eigenvalue weighted by molar-refractivity contribution is -0.125. The van der Waals surface area contributed by atoms with Crippen molar-refractivity contribution in [2.75, 3.05) is 6.54 Å². The summed E-state index contributed by atoms with van der Waals surface area (Å²) in [6, 6.07) is 3.30. The standard InChI is InChI=1S/C15H23BrN2O2/c1-3-12(4-2)15(20)17-9-5-6-10-18-11-13(16)7-8-14(18)19/h7-8,11-12H,3-6,9-10H2,1-2H3,(H,17,20). The van der Waals surface area contributed by atoms with Gasteiger partial charge in [-0.25, -0.2) is 0 Å². The number of hydrogen-bond acceptors (Lipinski definition) is 2. The zero-order chi connectivity index (χ0) is 15.0. The molecule has 0 aliphatic rings. The Kier molecular flexibility index (Phi) is 7.59. The summed E-state index contributed by atoms with van der Waals surface area (Å²) in [7, 11) is 0. The first kappa shape index (κ1) is 17.0. The van der Waals surface area contributed by atoms with Crippen molar-refractivity contribution >= 4 is 21.8 Å². The van der Waals surface area contributed by atoms with Gasteiger partial charge in [0, 0.05) is 35.7 Å². The summed E-state index contributed by atoms with van der Waals surface area (Å²) in [6.45, 7) is 5.43. The molecule has 20 heavy (non-hydrogen) atoms. The molecule has 112 valence electrons. The third-order valence-corrected chi connectivity index (χ3v) is 3.90. The van der Waals surface area contributed by atoms with E-state index in [2.05, 4.69) is 21.2 Å². The van der Waals surface area contributed by atoms with Gasteiger partial charge in [0.15, 0.2) is 0 Å². The number of carbonyl (C=O) groups excluding carboxylic acids is 1. The van der Waals surface area contributed by atoms with E-state index in [0.717, 1.165) is 30.2 Å². The van der Waals surface area contributed by atoms with E-state index in [1.54, 1.807) is 22.9 Å². The smallest absolute Gasteiger partial charge is 0.250 e. The molecule has 1 heterocycles. The van der Waals surface area contributed by atoms with Crippen LogP contribution in [0.4, 0.5) is 0 Å². The Hall–Kier alpha value is -1.10. The Morgan fingerprint density at radius 1 is 1.30 bits per heavy atom. The quantitative estimate of drug-likeness (QED) is 0.738. The van der Waals surface area contributed by atoms with Crippen molar-refractivity contribution < 1.29 is 4.79 Å². The Labute approximate surface area is 128 Å². The minimum atomic E-state index is 0.00858. The molecule has 4 nitrogen and oxygen atoms in total. The van der Waals surface area contributed by atoms with Gasteiger partial charge in [0.1, 0.15) is 0 Å². The van der Waals surface area contributed by atoms with Crippen LogP contribution in [0.3, 0.4) is 0 Å². The highest BCUT2D eigenvalue weighted by Crippen LogP contribution is 2.07. The number of rotatable bonds is 8. The Morgan fingerprint density at radius 3 is 2.65 bits per heavy atom. The van der Waals surface area contributed by atoms with Gasteiger partial charge in [-0.3, -0.25) is 9.59 Å². The van der Waals surface area contributed by atoms with E-state index in [1.165, 1.54) is 0 Å². The van der Waals surface area contributed by atoms with E-state index in [1.807, 2.05) is 13.8 Å². The second-order valence-electron chi connectivity index (χ2n) is 4.89. The van der Waals surface area contributed by atoms with Crippen LogP contribution in [0, 0.1) is 5.92 Å². The number of halogens is 1. The summed E-state index contributed by atoms with van der Waals surface area (Å²) in [5, 5.41) is 2.96. The van der Waals surface area contributed by atoms with Gasteiger partial charge in [0.05, 0.1) is 0 Å². The zero-order valence-electron chi connectivity index (χ0n) is 12.2. The average molecular weight is 343 g/mol. The fraction of sp³-hybridized carbons (Fsp3) is 0.600. The van der Waals surface area contributed by atoms with Gasteiger partial charge in [-0.05, 0) is 47.7 Å². The molecule has 0 fully saturated rings. The minimum Gasteiger partial charge on any atom is -0.356 e. The van der Waals surface area contributed by atoms with Gasteiger partial charge in [0.25, 0.3) is 5.56 Å². The van der Waals surface area contributed by atoms with E-state index in [4.69, 9.17) is 0 Å². The molecule has 5 heteroatoms. The van der Waals surface area contributed by atoms with Crippen LogP contribution in [0.5, 0.6) is 0 Å². The summed E-state index contributed by atoms with van der Waals surface area (Å²) in [6.07, 6.45) is 5.32. The van der Waals surface area contributed by atoms with E-state index in [9.17, 15) is 9.59 Å². The van der Waals surface area contributed by atoms with E-state index in [0.29, 0.717) is 13.1 Å². The van der Waals surface area contributed by atoms with Crippen LogP contribution < -0.4 is 10.9 Å². The molecule has 0 saturated carbocycles. The third-order valence-electron chi connectivity index (χ3n) is 3.43. The second kappa shape index (κ2) is 8.95. The highest BCUT2D eigenvalue weighted by Gasteiger charge is 2.12. The predicted molar refractivity (Wildman–Crippen MR) is 84.7 cm³/mol. The SMILES string of the molecule is CCC(CC)C(=O)NCCCCn1cc(Br)ccc1=O. The van der Waals surface area contributed by atoms with Gasteiger partial charge >= 0.3 is 0 Å². The maximum Gasteiger partial charge on any atom is 0.250 e. The molecule has 1 amide bonds. The molecular weight excluding hydrogens is 320 g/mol. The van der Waals surface area contributed by atoms with Crippen LogP contribution in [-0.4, -0.2) is 17.0 Å². The molecule has 0 aliphatic heterocycles. The maximum absolute atomic E-state index is 11.8. The summed E-state index contributed by atoms with van der Waals surface area (Å²) in [4.78, 5) is 23.3. The van der Waals surface area contributed by atoms with Crippen molar-refractivity contribution in [2.24, 2.45) is 5.92 Å². The van der Waals surface area contributed by atoms with Gasteiger partial charge in [-0.2, -0.15) is 0 Å². The average Bonchev–Trinajstić information content (AvgIpc) is 2.43. The van der Waals surface area contributed by atoms with Gasteiger partial charge in [-0.1, -0.05) is 13.8 Å². The fourth-order valence-corrected chi connectivity index (χ4v) is 2.48. The molecule has 1 aromatic heterocycles. The number of hydrogen-bond donors (Lipinski definition) is 1. The molecule has 0 bridgehead atoms. The van der Waals surface area contributed by atoms with Crippen molar-refractivity contribution in [3.63, 3.8) is 0 Å². The Bertz CT molecular complexity index is 481. The summed E-state index contributed by atoms with van der Waals surface area (Å²) < 4.78 is 2.59. The zero-order valence-corrected chi connectivity index (χ0v) is 13.8. The van der Waals surface area contributed by atoms with Gasteiger partial charge in [-0.15, -0.1) is 0 Å². The highest BCUT2D eigenvalue weighted by molar-refractivity contribution is 9.10. The first-order valence-electron chi connectivity index (χ1n) is 7.22. The third kappa shape index (κ3) is 5.49. The molecular formula is C15H23BrN2O2. The number of amides is 1. The van der Waals surface area contributed by atoms with Crippen molar-refractivity contribution in [3.05, 3.63) is 33.2 Å². The number of nitrogens with zero attached hydrogens (tertiary/aromatic N) is 1. The monoisotopic (exact) mass is 342 g/mol. The molecule has 0 spiro atoms. The Balaban J connectivity index is 2.27. The molecule has 1 aromatic rings. The number of aryl methyl sites for hydroxylation is 1. The number of carbonyl (C=O) groups is 1. The summed E-state index contributed by atoms with van der Waals surface area (Å²) in [5.41, 5.74) is 0.00858. The van der Waals surface area contributed by atoms with Crippen LogP contribution in [0.15, 0.2) is 27.6 Å². The molecule has 1 rings (SSSR count). The highest BCUT2D eigenvalue weighted by atomic mass is 79.9. The van der Waals surface area contributed by atoms with Crippen LogP contribution >= 0.6 is 15.9 Å². The van der Waals surface area contributed by atoms with Gasteiger partial charge in [0.2, 0.25) is 5.91 Å². The molecule has 0 aromatic carbocycles. The van der Waals surface area contributed by atoms with Gasteiger partial charge < -0.3 is 9.88 Å². The van der Waals surface area contributed by atoms with E-state index >= 15 is 0 Å². The maximum atomic E-state index is 11.8. The molecule has 0 unspecified atom stereocenters. The largest absolute Gasteiger partial charge is 0.356 e. The second-order valence-corrected chi connectivity index (χ2v) is 5.81. The molecule has 0 saturated heterocycles. The van der Waals surface area contributed by atoms with E-state index < -0.39 is 0 Å². The van der Waals surface area contributed by atoms with Crippen LogP contribution in [0.25, 0.3) is 0 Å². The molecule has 1 N–H and O–H groups in total. The summed E-state index contributed by atoms with van der Waals surface area (Å²) in [5.74, 6) is 0.275. The normalized spacial score (nSPS) is 10.8. The lowest BCUT2D eigenvalue weighted by Crippen LogP contribution is -2.31. The van der Waals surface area contributed by atoms with Crippen LogP contribution in [0.1, 0.15) is 39.5 Å². The minimum absolute atomic E-state index is 0.00858. The molecule has 0 atom stereocenters. The topological polar surface area (TPSA) is 51.1 Å². The lowest BCUT2D eigenvalue weighted by atomic mass is 10.0. The van der Waals surface area contributed by atoms with Crippen molar-refractivity contribution in [1.29, 1.82) is 0 Å². The van der Waals surface area contributed by atoms with Crippen LogP contribution in [0.2, 0.25) is 0 Å².